The molecule has 1 saturated heterocycles. The van der Waals surface area contributed by atoms with Gasteiger partial charge in [-0.2, -0.15) is 4.98 Å². The van der Waals surface area contributed by atoms with Crippen molar-refractivity contribution in [1.29, 1.82) is 0 Å². The van der Waals surface area contributed by atoms with E-state index >= 15 is 0 Å². The van der Waals surface area contributed by atoms with E-state index in [-0.39, 0.29) is 23.8 Å². The van der Waals surface area contributed by atoms with Crippen LogP contribution in [0.25, 0.3) is 17.3 Å². The zero-order valence-electron chi connectivity index (χ0n) is 23.7. The Hall–Kier alpha value is -3.60. The highest BCUT2D eigenvalue weighted by atomic mass is 16.5. The van der Waals surface area contributed by atoms with Crippen LogP contribution in [-0.2, 0) is 16.6 Å². The lowest BCUT2D eigenvalue weighted by Gasteiger charge is -2.36. The van der Waals surface area contributed by atoms with Gasteiger partial charge in [0.15, 0.2) is 17.3 Å². The Kier molecular flexibility index (Phi) is 6.93. The maximum atomic E-state index is 13.2. The van der Waals surface area contributed by atoms with E-state index < -0.39 is 5.41 Å². The second-order valence-corrected chi connectivity index (χ2v) is 11.7. The average molecular weight is 548 g/mol. The smallest absolute Gasteiger partial charge is 0.273 e. The number of fused-ring (bicyclic) bond motifs is 2. The van der Waals surface area contributed by atoms with Gasteiger partial charge >= 0.3 is 0 Å². The molecule has 2 fully saturated rings. The number of hydrogen-bond acceptors (Lipinski definition) is 9. The van der Waals surface area contributed by atoms with E-state index in [0.29, 0.717) is 41.1 Å². The first-order valence-corrected chi connectivity index (χ1v) is 14.3. The first-order chi connectivity index (χ1) is 19.3. The number of carbonyl (C=O) groups excluding carboxylic acids is 2. The summed E-state index contributed by atoms with van der Waals surface area (Å²) in [6.07, 6.45) is 11.1. The lowest BCUT2D eigenvalue weighted by atomic mass is 9.64. The van der Waals surface area contributed by atoms with Crippen LogP contribution in [0.5, 0.6) is 5.88 Å². The Morgan fingerprint density at radius 1 is 1.18 bits per heavy atom. The number of Topliss-reactive ketones (excluding diaryl/α,β-unsaturated/α-hetero) is 1. The van der Waals surface area contributed by atoms with Gasteiger partial charge < -0.3 is 14.2 Å². The largest absolute Gasteiger partial charge is 0.473 e. The lowest BCUT2D eigenvalue weighted by Crippen LogP contribution is -2.41. The average Bonchev–Trinajstić information content (AvgIpc) is 3.70. The number of likely N-dealkylation sites (N-methyl/N-ethyl adjacent to an activating group) is 1. The van der Waals surface area contributed by atoms with Gasteiger partial charge in [-0.05, 0) is 65.5 Å². The summed E-state index contributed by atoms with van der Waals surface area (Å²) in [6.45, 7) is 3.11. The van der Waals surface area contributed by atoms with E-state index in [2.05, 4.69) is 29.0 Å². The van der Waals surface area contributed by atoms with E-state index in [9.17, 15) is 9.59 Å². The molecule has 3 aromatic rings. The van der Waals surface area contributed by atoms with Crippen molar-refractivity contribution < 1.29 is 18.8 Å². The van der Waals surface area contributed by atoms with Crippen LogP contribution in [0.2, 0.25) is 0 Å². The van der Waals surface area contributed by atoms with Crippen molar-refractivity contribution in [2.75, 3.05) is 27.7 Å². The summed E-state index contributed by atoms with van der Waals surface area (Å²) >= 11 is 0. The molecule has 0 aromatic carbocycles. The third-order valence-corrected chi connectivity index (χ3v) is 8.84. The Morgan fingerprint density at radius 2 is 2.00 bits per heavy atom. The summed E-state index contributed by atoms with van der Waals surface area (Å²) in [5.74, 6) is 2.05. The number of likely N-dealkylation sites (tertiary alicyclic amines) is 1. The lowest BCUT2D eigenvalue weighted by molar-refractivity contribution is -0.128. The molecule has 3 atom stereocenters. The molecule has 212 valence electrons. The molecular formula is C29H37N7O4. The van der Waals surface area contributed by atoms with E-state index in [4.69, 9.17) is 19.2 Å². The summed E-state index contributed by atoms with van der Waals surface area (Å²) in [5.41, 5.74) is 1.20. The summed E-state index contributed by atoms with van der Waals surface area (Å²) in [6, 6.07) is 2.05. The van der Waals surface area contributed by atoms with Crippen LogP contribution in [0, 0.1) is 0 Å². The SMILES string of the molecule is C[C@H](Oc1cc(-n2cnc(C(=O)N(C)C)c2)nc(-c2noc3c2CCC[C@@]32CCCCC2=O)n1)[C@@H]1CCCN1C. The number of nitrogens with zero attached hydrogens (tertiary/aromatic N) is 7. The van der Waals surface area contributed by atoms with Gasteiger partial charge in [0.1, 0.15) is 29.7 Å². The van der Waals surface area contributed by atoms with Crippen LogP contribution in [0.3, 0.4) is 0 Å². The van der Waals surface area contributed by atoms with Crippen LogP contribution in [-0.4, -0.2) is 86.0 Å². The van der Waals surface area contributed by atoms with Gasteiger partial charge in [0.2, 0.25) is 5.88 Å². The Bertz CT molecular complexity index is 1430. The Labute approximate surface area is 233 Å². The van der Waals surface area contributed by atoms with Gasteiger partial charge in [0.25, 0.3) is 5.91 Å². The molecule has 3 aliphatic rings. The van der Waals surface area contributed by atoms with Crippen LogP contribution < -0.4 is 4.74 Å². The van der Waals surface area contributed by atoms with Gasteiger partial charge in [-0.1, -0.05) is 11.6 Å². The summed E-state index contributed by atoms with van der Waals surface area (Å²) in [4.78, 5) is 43.4. The first kappa shape index (κ1) is 26.6. The molecule has 0 bridgehead atoms. The Morgan fingerprint density at radius 3 is 2.75 bits per heavy atom. The highest BCUT2D eigenvalue weighted by molar-refractivity contribution is 5.92. The minimum absolute atomic E-state index is 0.0916. The van der Waals surface area contributed by atoms with Crippen LogP contribution >= 0.6 is 0 Å². The molecule has 11 nitrogen and oxygen atoms in total. The maximum absolute atomic E-state index is 13.2. The summed E-state index contributed by atoms with van der Waals surface area (Å²) < 4.78 is 14.1. The van der Waals surface area contributed by atoms with Gasteiger partial charge in [0, 0.05) is 44.4 Å². The van der Waals surface area contributed by atoms with Crippen molar-refractivity contribution >= 4 is 11.7 Å². The van der Waals surface area contributed by atoms with Crippen LogP contribution in [0.15, 0.2) is 23.1 Å². The van der Waals surface area contributed by atoms with E-state index in [1.54, 1.807) is 37.3 Å². The standard InChI is InChI=1S/C29H37N7O4/c1-18(21-10-8-14-35(21)4)39-24-15-23(36-16-20(30-17-36)28(38)34(2)3)31-27(32-24)25-19-9-7-13-29(26(19)40-33-25)12-6-5-11-22(29)37/h15-18,21H,5-14H2,1-4H3/t18-,21-,29+/m0/s1. The topological polar surface area (TPSA) is 119 Å². The molecule has 1 saturated carbocycles. The zero-order chi connectivity index (χ0) is 28.0. The number of rotatable bonds is 6. The molecular weight excluding hydrogens is 510 g/mol. The zero-order valence-corrected chi connectivity index (χ0v) is 23.7. The van der Waals surface area contributed by atoms with Gasteiger partial charge in [-0.15, -0.1) is 0 Å². The second kappa shape index (κ2) is 10.4. The number of aromatic nitrogens is 5. The number of ketones is 1. The van der Waals surface area contributed by atoms with E-state index in [1.165, 1.54) is 4.90 Å². The predicted octanol–water partition coefficient (Wildman–Crippen LogP) is 3.60. The Balaban J connectivity index is 1.41. The van der Waals surface area contributed by atoms with Gasteiger partial charge in [-0.3, -0.25) is 19.1 Å². The third-order valence-electron chi connectivity index (χ3n) is 8.84. The van der Waals surface area contributed by atoms with Crippen molar-refractivity contribution in [3.63, 3.8) is 0 Å². The molecule has 6 rings (SSSR count). The van der Waals surface area contributed by atoms with Crippen molar-refractivity contribution in [3.05, 3.63) is 35.6 Å². The van der Waals surface area contributed by atoms with E-state index in [1.807, 2.05) is 0 Å². The molecule has 2 aliphatic carbocycles. The van der Waals surface area contributed by atoms with Crippen LogP contribution in [0.1, 0.15) is 80.1 Å². The van der Waals surface area contributed by atoms with Crippen molar-refractivity contribution in [1.82, 2.24) is 34.5 Å². The number of ether oxygens (including phenoxy) is 1. The minimum Gasteiger partial charge on any atom is -0.473 e. The van der Waals surface area contributed by atoms with Crippen molar-refractivity contribution in [3.8, 4) is 23.2 Å². The number of amides is 1. The summed E-state index contributed by atoms with van der Waals surface area (Å²) in [5, 5.41) is 4.45. The fraction of sp³-hybridized carbons (Fsp3) is 0.586. The molecule has 0 unspecified atom stereocenters. The molecule has 0 radical (unpaired) electrons. The molecule has 3 aromatic heterocycles. The highest BCUT2D eigenvalue weighted by Crippen LogP contribution is 2.47. The molecule has 1 spiro atoms. The van der Waals surface area contributed by atoms with Gasteiger partial charge in [0.05, 0.1) is 5.41 Å². The molecule has 0 N–H and O–H groups in total. The van der Waals surface area contributed by atoms with Crippen LogP contribution in [0.4, 0.5) is 0 Å². The second-order valence-electron chi connectivity index (χ2n) is 11.7. The normalized spacial score (nSPS) is 23.8. The van der Waals surface area contributed by atoms with Crippen molar-refractivity contribution in [2.24, 2.45) is 0 Å². The molecule has 1 aliphatic heterocycles. The number of hydrogen-bond donors (Lipinski definition) is 0. The molecule has 4 heterocycles. The number of carbonyl (C=O) groups is 2. The monoisotopic (exact) mass is 547 g/mol. The quantitative estimate of drug-likeness (QED) is 0.456. The fourth-order valence-corrected chi connectivity index (χ4v) is 6.67. The summed E-state index contributed by atoms with van der Waals surface area (Å²) in [7, 11) is 5.50. The van der Waals surface area contributed by atoms with Gasteiger partial charge in [-0.25, -0.2) is 9.97 Å². The molecule has 40 heavy (non-hydrogen) atoms. The first-order valence-electron chi connectivity index (χ1n) is 14.3. The predicted molar refractivity (Wildman–Crippen MR) is 147 cm³/mol. The molecule has 11 heteroatoms. The fourth-order valence-electron chi connectivity index (χ4n) is 6.67. The highest BCUT2D eigenvalue weighted by Gasteiger charge is 2.48. The van der Waals surface area contributed by atoms with Crippen molar-refractivity contribution in [2.45, 2.75) is 82.3 Å². The van der Waals surface area contributed by atoms with E-state index in [0.717, 1.165) is 63.5 Å². The molecule has 1 amide bonds. The third kappa shape index (κ3) is 4.59. The maximum Gasteiger partial charge on any atom is 0.273 e. The number of imidazole rings is 1. The minimum atomic E-state index is -0.582.